The average Bonchev–Trinajstić information content (AvgIpc) is 2.91. The van der Waals surface area contributed by atoms with E-state index in [4.69, 9.17) is 17.0 Å². The zero-order chi connectivity index (χ0) is 18.0. The predicted octanol–water partition coefficient (Wildman–Crippen LogP) is 3.70. The van der Waals surface area contributed by atoms with Crippen LogP contribution in [0.15, 0.2) is 24.3 Å². The Labute approximate surface area is 152 Å². The van der Waals surface area contributed by atoms with Crippen molar-refractivity contribution in [3.8, 4) is 0 Å². The number of benzene rings is 1. The zero-order valence-electron chi connectivity index (χ0n) is 14.8. The first-order chi connectivity index (χ1) is 11.8. The van der Waals surface area contributed by atoms with Crippen molar-refractivity contribution in [1.29, 1.82) is 0 Å². The van der Waals surface area contributed by atoms with Gasteiger partial charge in [0.25, 0.3) is 0 Å². The largest absolute Gasteiger partial charge is 0.444 e. The van der Waals surface area contributed by atoms with Gasteiger partial charge in [0.15, 0.2) is 10.6 Å². The van der Waals surface area contributed by atoms with E-state index in [0.717, 1.165) is 25.1 Å². The molecule has 7 heteroatoms. The molecule has 1 unspecified atom stereocenters. The normalized spacial score (nSPS) is 17.0. The molecule has 1 atom stereocenters. The van der Waals surface area contributed by atoms with Crippen LogP contribution in [0.2, 0.25) is 0 Å². The number of carbonyl (C=O) groups excluding carboxylic acids is 1. The van der Waals surface area contributed by atoms with Crippen LogP contribution in [0, 0.1) is 4.77 Å². The highest BCUT2D eigenvalue weighted by Crippen LogP contribution is 2.29. The van der Waals surface area contributed by atoms with Gasteiger partial charge in [-0.15, -0.1) is 0 Å². The highest BCUT2D eigenvalue weighted by Gasteiger charge is 2.23. The Morgan fingerprint density at radius 2 is 2.12 bits per heavy atom. The second kappa shape index (κ2) is 7.00. The lowest BCUT2D eigenvalue weighted by atomic mass is 9.88. The van der Waals surface area contributed by atoms with Crippen LogP contribution in [0.1, 0.15) is 50.2 Å². The number of aromatic nitrogens is 3. The molecule has 1 amide bonds. The van der Waals surface area contributed by atoms with Crippen molar-refractivity contribution in [3.63, 3.8) is 0 Å². The summed E-state index contributed by atoms with van der Waals surface area (Å²) in [6.07, 6.45) is 2.49. The molecule has 2 aromatic rings. The number of nitrogens with one attached hydrogen (secondary N) is 2. The minimum atomic E-state index is -0.526. The van der Waals surface area contributed by atoms with E-state index in [1.807, 2.05) is 25.3 Å². The van der Waals surface area contributed by atoms with Crippen molar-refractivity contribution >= 4 is 18.3 Å². The number of hydrogen-bond acceptors (Lipinski definition) is 4. The molecule has 1 aromatic heterocycles. The number of aromatic amines is 1. The van der Waals surface area contributed by atoms with Crippen molar-refractivity contribution in [2.45, 2.75) is 58.2 Å². The molecule has 1 aliphatic carbocycles. The van der Waals surface area contributed by atoms with Crippen molar-refractivity contribution in [1.82, 2.24) is 20.1 Å². The molecule has 0 aliphatic heterocycles. The lowest BCUT2D eigenvalue weighted by molar-refractivity contribution is 0.0521. The van der Waals surface area contributed by atoms with Crippen molar-refractivity contribution in [2.75, 3.05) is 0 Å². The lowest BCUT2D eigenvalue weighted by Crippen LogP contribution is -2.33. The summed E-state index contributed by atoms with van der Waals surface area (Å²) >= 11 is 5.42. The summed E-state index contributed by atoms with van der Waals surface area (Å²) in [5.74, 6) is 0.722. The van der Waals surface area contributed by atoms with Crippen LogP contribution in [-0.4, -0.2) is 26.5 Å². The molecule has 0 saturated heterocycles. The Morgan fingerprint density at radius 1 is 1.40 bits per heavy atom. The second-order valence-electron chi connectivity index (χ2n) is 7.34. The van der Waals surface area contributed by atoms with Crippen LogP contribution in [0.25, 0.3) is 0 Å². The van der Waals surface area contributed by atoms with Crippen LogP contribution in [0.5, 0.6) is 0 Å². The molecule has 2 N–H and O–H groups in total. The first-order valence-electron chi connectivity index (χ1n) is 8.53. The van der Waals surface area contributed by atoms with Crippen LogP contribution >= 0.6 is 12.2 Å². The van der Waals surface area contributed by atoms with Gasteiger partial charge in [-0.05, 0) is 63.4 Å². The molecule has 0 radical (unpaired) electrons. The third kappa shape index (κ3) is 4.28. The Kier molecular flexibility index (Phi) is 4.94. The Hall–Kier alpha value is -2.15. The van der Waals surface area contributed by atoms with E-state index in [1.54, 1.807) is 0 Å². The third-order valence-corrected chi connectivity index (χ3v) is 4.54. The topological polar surface area (TPSA) is 71.9 Å². The molecule has 0 fully saturated rings. The molecule has 1 aromatic carbocycles. The minimum Gasteiger partial charge on any atom is -0.444 e. The summed E-state index contributed by atoms with van der Waals surface area (Å²) in [6, 6.07) is 8.76. The van der Waals surface area contributed by atoms with Gasteiger partial charge in [-0.3, -0.25) is 9.67 Å². The smallest absolute Gasteiger partial charge is 0.408 e. The van der Waals surface area contributed by atoms with Crippen molar-refractivity contribution in [3.05, 3.63) is 46.0 Å². The monoisotopic (exact) mass is 360 g/mol. The molecule has 0 spiro atoms. The first kappa shape index (κ1) is 17.7. The number of H-pyrrole nitrogens is 1. The predicted molar refractivity (Wildman–Crippen MR) is 98.0 cm³/mol. The van der Waals surface area contributed by atoms with E-state index in [0.29, 0.717) is 4.77 Å². The maximum Gasteiger partial charge on any atom is 0.408 e. The number of nitrogens with zero attached hydrogens (tertiary/aromatic N) is 2. The minimum absolute atomic E-state index is 0.247. The fourth-order valence-electron chi connectivity index (χ4n) is 3.20. The number of rotatable bonds is 3. The standard InChI is InChI=1S/C18H24N4O2S/c1-18(2,3)24-17(23)19-11-15-20-21-16(25)22(15)14-9-8-12-6-4-5-7-13(12)10-14/h4-7,14H,8-11H2,1-3H3,(H,19,23)(H,21,25). The number of amides is 1. The average molecular weight is 360 g/mol. The summed E-state index contributed by atoms with van der Waals surface area (Å²) in [5, 5.41) is 9.90. The number of alkyl carbamates (subject to hydrolysis) is 1. The Morgan fingerprint density at radius 3 is 2.84 bits per heavy atom. The van der Waals surface area contributed by atoms with Crippen molar-refractivity contribution in [2.24, 2.45) is 0 Å². The SMILES string of the molecule is CC(C)(C)OC(=O)NCc1n[nH]c(=S)n1C1CCc2ccccc2C1. The van der Waals surface area contributed by atoms with Gasteiger partial charge in [0, 0.05) is 6.04 Å². The molecule has 3 rings (SSSR count). The van der Waals surface area contributed by atoms with Gasteiger partial charge < -0.3 is 10.1 Å². The van der Waals surface area contributed by atoms with Gasteiger partial charge in [-0.2, -0.15) is 5.10 Å². The van der Waals surface area contributed by atoms with Gasteiger partial charge in [0.1, 0.15) is 5.60 Å². The summed E-state index contributed by atoms with van der Waals surface area (Å²) in [7, 11) is 0. The van der Waals surface area contributed by atoms with Crippen LogP contribution in [0.4, 0.5) is 4.79 Å². The van der Waals surface area contributed by atoms with Crippen LogP contribution < -0.4 is 5.32 Å². The first-order valence-corrected chi connectivity index (χ1v) is 8.94. The fourth-order valence-corrected chi connectivity index (χ4v) is 3.50. The molecular formula is C18H24N4O2S. The van der Waals surface area contributed by atoms with Crippen LogP contribution in [-0.2, 0) is 24.1 Å². The number of hydrogen-bond donors (Lipinski definition) is 2. The molecule has 1 heterocycles. The highest BCUT2D eigenvalue weighted by atomic mass is 32.1. The van der Waals surface area contributed by atoms with E-state index < -0.39 is 11.7 Å². The molecule has 0 saturated carbocycles. The van der Waals surface area contributed by atoms with Crippen molar-refractivity contribution < 1.29 is 9.53 Å². The van der Waals surface area contributed by atoms with E-state index in [9.17, 15) is 4.79 Å². The van der Waals surface area contributed by atoms with E-state index in [1.165, 1.54) is 11.1 Å². The number of fused-ring (bicyclic) bond motifs is 1. The Bertz CT molecular complexity index is 819. The highest BCUT2D eigenvalue weighted by molar-refractivity contribution is 7.71. The summed E-state index contributed by atoms with van der Waals surface area (Å²) < 4.78 is 7.89. The maximum atomic E-state index is 11.9. The van der Waals surface area contributed by atoms with Gasteiger partial charge >= 0.3 is 6.09 Å². The molecule has 25 heavy (non-hydrogen) atoms. The van der Waals surface area contributed by atoms with E-state index in [-0.39, 0.29) is 12.6 Å². The second-order valence-corrected chi connectivity index (χ2v) is 7.72. The van der Waals surface area contributed by atoms with E-state index in [2.05, 4.69) is 39.8 Å². The molecule has 6 nitrogen and oxygen atoms in total. The lowest BCUT2D eigenvalue weighted by Gasteiger charge is -2.26. The van der Waals surface area contributed by atoms with Gasteiger partial charge in [-0.1, -0.05) is 24.3 Å². The summed E-state index contributed by atoms with van der Waals surface area (Å²) in [6.45, 7) is 5.78. The molecule has 0 bridgehead atoms. The molecular weight excluding hydrogens is 336 g/mol. The molecule has 134 valence electrons. The summed E-state index contributed by atoms with van der Waals surface area (Å²) in [5.41, 5.74) is 2.23. The quantitative estimate of drug-likeness (QED) is 0.819. The number of aryl methyl sites for hydroxylation is 1. The van der Waals surface area contributed by atoms with Gasteiger partial charge in [0.2, 0.25) is 0 Å². The van der Waals surface area contributed by atoms with E-state index >= 15 is 0 Å². The Balaban J connectivity index is 1.73. The third-order valence-electron chi connectivity index (χ3n) is 4.25. The van der Waals surface area contributed by atoms with Gasteiger partial charge in [0.05, 0.1) is 6.54 Å². The molecule has 1 aliphatic rings. The fraction of sp³-hybridized carbons (Fsp3) is 0.500. The number of carbonyl (C=O) groups is 1. The number of ether oxygens (including phenoxy) is 1. The summed E-state index contributed by atoms with van der Waals surface area (Å²) in [4.78, 5) is 11.9. The maximum absolute atomic E-state index is 11.9. The van der Waals surface area contributed by atoms with Gasteiger partial charge in [-0.25, -0.2) is 4.79 Å². The van der Waals surface area contributed by atoms with Crippen LogP contribution in [0.3, 0.4) is 0 Å². The zero-order valence-corrected chi connectivity index (χ0v) is 15.7.